The number of ether oxygens (including phenoxy) is 2. The fraction of sp³-hybridized carbons (Fsp3) is 0.615. The zero-order chi connectivity index (χ0) is 26.8. The van der Waals surface area contributed by atoms with Gasteiger partial charge >= 0.3 is 12.1 Å². The quantitative estimate of drug-likeness (QED) is 0.594. The van der Waals surface area contributed by atoms with Crippen molar-refractivity contribution >= 4 is 29.6 Å². The van der Waals surface area contributed by atoms with Crippen molar-refractivity contribution in [2.75, 3.05) is 31.1 Å². The number of hydrogen-bond acceptors (Lipinski definition) is 7. The highest BCUT2D eigenvalue weighted by Gasteiger charge is 2.36. The van der Waals surface area contributed by atoms with Crippen molar-refractivity contribution in [2.45, 2.75) is 78.2 Å². The number of piperazine rings is 1. The SMILES string of the molecule is CC(C)(C)OC(=O)CC[C@@H](C(N)=O)N1Cc2cc(N3CCN(C(=O)OC(C)(C)C)CC3)ccc2C1=O. The Balaban J connectivity index is 1.64. The fourth-order valence-electron chi connectivity index (χ4n) is 4.35. The van der Waals surface area contributed by atoms with Crippen molar-refractivity contribution in [3.05, 3.63) is 29.3 Å². The first kappa shape index (κ1) is 27.3. The van der Waals surface area contributed by atoms with E-state index < -0.39 is 29.1 Å². The highest BCUT2D eigenvalue weighted by atomic mass is 16.6. The number of esters is 1. The normalized spacial score (nSPS) is 17.1. The lowest BCUT2D eigenvalue weighted by Crippen LogP contribution is -2.50. The van der Waals surface area contributed by atoms with E-state index in [2.05, 4.69) is 4.90 Å². The molecule has 198 valence electrons. The summed E-state index contributed by atoms with van der Waals surface area (Å²) in [6.45, 7) is 13.4. The topological polar surface area (TPSA) is 122 Å². The van der Waals surface area contributed by atoms with Crippen LogP contribution in [0.15, 0.2) is 18.2 Å². The largest absolute Gasteiger partial charge is 0.460 e. The predicted octanol–water partition coefficient (Wildman–Crippen LogP) is 2.68. The number of nitrogens with two attached hydrogens (primary N) is 1. The minimum absolute atomic E-state index is 0.0157. The lowest BCUT2D eigenvalue weighted by molar-refractivity contribution is -0.155. The van der Waals surface area contributed by atoms with E-state index in [1.54, 1.807) is 31.7 Å². The minimum atomic E-state index is -0.904. The number of fused-ring (bicyclic) bond motifs is 1. The van der Waals surface area contributed by atoms with Crippen molar-refractivity contribution in [2.24, 2.45) is 5.73 Å². The third kappa shape index (κ3) is 6.89. The number of anilines is 1. The second-order valence-electron chi connectivity index (χ2n) is 11.3. The van der Waals surface area contributed by atoms with Gasteiger partial charge in [0.25, 0.3) is 5.91 Å². The van der Waals surface area contributed by atoms with E-state index in [0.717, 1.165) is 11.3 Å². The minimum Gasteiger partial charge on any atom is -0.460 e. The average molecular weight is 503 g/mol. The molecule has 0 saturated carbocycles. The second-order valence-corrected chi connectivity index (χ2v) is 11.3. The van der Waals surface area contributed by atoms with E-state index in [1.165, 1.54) is 4.90 Å². The highest BCUT2D eigenvalue weighted by molar-refractivity contribution is 6.01. The van der Waals surface area contributed by atoms with Gasteiger partial charge in [-0.2, -0.15) is 0 Å². The summed E-state index contributed by atoms with van der Waals surface area (Å²) in [6, 6.07) is 4.68. The molecule has 3 amide bonds. The van der Waals surface area contributed by atoms with E-state index in [0.29, 0.717) is 31.7 Å². The lowest BCUT2D eigenvalue weighted by Gasteiger charge is -2.36. The second kappa shape index (κ2) is 10.4. The van der Waals surface area contributed by atoms with Gasteiger partial charge in [0.05, 0.1) is 0 Å². The maximum absolute atomic E-state index is 13.1. The molecule has 0 spiro atoms. The Bertz CT molecular complexity index is 1020. The van der Waals surface area contributed by atoms with Crippen LogP contribution in [0.3, 0.4) is 0 Å². The van der Waals surface area contributed by atoms with Crippen LogP contribution in [0.25, 0.3) is 0 Å². The zero-order valence-corrected chi connectivity index (χ0v) is 22.1. The van der Waals surface area contributed by atoms with Gasteiger partial charge in [0.2, 0.25) is 5.91 Å². The van der Waals surface area contributed by atoms with E-state index >= 15 is 0 Å². The first-order valence-electron chi connectivity index (χ1n) is 12.3. The van der Waals surface area contributed by atoms with Gasteiger partial charge in [-0.05, 0) is 71.7 Å². The van der Waals surface area contributed by atoms with Gasteiger partial charge in [-0.3, -0.25) is 14.4 Å². The molecule has 0 aliphatic carbocycles. The van der Waals surface area contributed by atoms with Gasteiger partial charge in [-0.25, -0.2) is 4.79 Å². The van der Waals surface area contributed by atoms with E-state index in [9.17, 15) is 19.2 Å². The molecule has 2 aliphatic heterocycles. The summed E-state index contributed by atoms with van der Waals surface area (Å²) in [5.41, 5.74) is 6.71. The van der Waals surface area contributed by atoms with Gasteiger partial charge in [0, 0.05) is 50.4 Å². The predicted molar refractivity (Wildman–Crippen MR) is 134 cm³/mol. The molecule has 1 atom stereocenters. The van der Waals surface area contributed by atoms with E-state index in [1.807, 2.05) is 32.9 Å². The number of carbonyl (C=O) groups excluding carboxylic acids is 4. The maximum atomic E-state index is 13.1. The number of nitrogens with zero attached hydrogens (tertiary/aromatic N) is 3. The number of rotatable bonds is 6. The van der Waals surface area contributed by atoms with Crippen LogP contribution >= 0.6 is 0 Å². The maximum Gasteiger partial charge on any atom is 0.410 e. The van der Waals surface area contributed by atoms with Crippen molar-refractivity contribution < 1.29 is 28.7 Å². The number of hydrogen-bond donors (Lipinski definition) is 1. The molecule has 0 bridgehead atoms. The van der Waals surface area contributed by atoms with E-state index in [-0.39, 0.29) is 31.4 Å². The molecule has 2 N–H and O–H groups in total. The Labute approximate surface area is 212 Å². The van der Waals surface area contributed by atoms with Crippen molar-refractivity contribution in [3.8, 4) is 0 Å². The zero-order valence-electron chi connectivity index (χ0n) is 22.1. The summed E-state index contributed by atoms with van der Waals surface area (Å²) in [7, 11) is 0. The van der Waals surface area contributed by atoms with E-state index in [4.69, 9.17) is 15.2 Å². The first-order valence-corrected chi connectivity index (χ1v) is 12.3. The van der Waals surface area contributed by atoms with Crippen LogP contribution in [0.1, 0.15) is 70.3 Å². The van der Waals surface area contributed by atoms with Crippen molar-refractivity contribution in [1.82, 2.24) is 9.80 Å². The lowest BCUT2D eigenvalue weighted by atomic mass is 10.1. The Morgan fingerprint density at radius 1 is 0.972 bits per heavy atom. The van der Waals surface area contributed by atoms with Crippen LogP contribution in [0, 0.1) is 0 Å². The first-order chi connectivity index (χ1) is 16.6. The number of benzene rings is 1. The molecule has 1 aromatic carbocycles. The molecule has 36 heavy (non-hydrogen) atoms. The summed E-state index contributed by atoms with van der Waals surface area (Å²) < 4.78 is 10.8. The van der Waals surface area contributed by atoms with Gasteiger partial charge < -0.3 is 29.9 Å². The van der Waals surface area contributed by atoms with Crippen LogP contribution in [-0.2, 0) is 25.6 Å². The molecule has 2 heterocycles. The van der Waals surface area contributed by atoms with Crippen molar-refractivity contribution in [1.29, 1.82) is 0 Å². The molecule has 3 rings (SSSR count). The molecule has 0 unspecified atom stereocenters. The monoisotopic (exact) mass is 502 g/mol. The number of carbonyl (C=O) groups is 4. The van der Waals surface area contributed by atoms with Gasteiger partial charge in [0.15, 0.2) is 0 Å². The third-order valence-electron chi connectivity index (χ3n) is 5.96. The molecule has 2 aliphatic rings. The fourth-order valence-corrected chi connectivity index (χ4v) is 4.35. The number of primary amides is 1. The molecule has 1 saturated heterocycles. The summed E-state index contributed by atoms with van der Waals surface area (Å²) in [6.07, 6.45) is -0.233. The Morgan fingerprint density at radius 2 is 1.58 bits per heavy atom. The molecule has 10 heteroatoms. The van der Waals surface area contributed by atoms with Crippen LogP contribution in [0.2, 0.25) is 0 Å². The molecule has 1 fully saturated rings. The average Bonchev–Trinajstić information content (AvgIpc) is 3.07. The Kier molecular flexibility index (Phi) is 7.85. The van der Waals surface area contributed by atoms with Crippen LogP contribution in [-0.4, -0.2) is 77.1 Å². The Hall–Kier alpha value is -3.30. The summed E-state index contributed by atoms with van der Waals surface area (Å²) >= 11 is 0. The summed E-state index contributed by atoms with van der Waals surface area (Å²) in [5.74, 6) is -1.37. The molecular formula is C26H38N4O6. The van der Waals surface area contributed by atoms with Crippen LogP contribution < -0.4 is 10.6 Å². The smallest absolute Gasteiger partial charge is 0.410 e. The Morgan fingerprint density at radius 3 is 2.14 bits per heavy atom. The highest BCUT2D eigenvalue weighted by Crippen LogP contribution is 2.30. The molecule has 1 aromatic rings. The summed E-state index contributed by atoms with van der Waals surface area (Å²) in [4.78, 5) is 55.0. The third-order valence-corrected chi connectivity index (χ3v) is 5.96. The van der Waals surface area contributed by atoms with Gasteiger partial charge in [-0.1, -0.05) is 0 Å². The molecule has 10 nitrogen and oxygen atoms in total. The van der Waals surface area contributed by atoms with Crippen LogP contribution in [0.5, 0.6) is 0 Å². The van der Waals surface area contributed by atoms with Crippen LogP contribution in [0.4, 0.5) is 10.5 Å². The number of amides is 3. The molecule has 0 radical (unpaired) electrons. The summed E-state index contributed by atoms with van der Waals surface area (Å²) in [5, 5.41) is 0. The molecule has 0 aromatic heterocycles. The van der Waals surface area contributed by atoms with Gasteiger partial charge in [0.1, 0.15) is 17.2 Å². The molecular weight excluding hydrogens is 464 g/mol. The van der Waals surface area contributed by atoms with Gasteiger partial charge in [-0.15, -0.1) is 0 Å². The van der Waals surface area contributed by atoms with Crippen molar-refractivity contribution in [3.63, 3.8) is 0 Å². The standard InChI is InChI=1S/C26H38N4O6/c1-25(2,3)35-21(31)10-9-20(22(27)32)30-16-17-15-18(7-8-19(17)23(30)33)28-11-13-29(14-12-28)24(34)36-26(4,5)6/h7-8,15,20H,9-14,16H2,1-6H3,(H2,27,32)/t20-/m0/s1.